The number of carbonyl (C=O) groups is 2. The summed E-state index contributed by atoms with van der Waals surface area (Å²) in [5.41, 5.74) is 3.39. The minimum atomic E-state index is -0.495. The molecule has 1 aliphatic rings. The van der Waals surface area contributed by atoms with E-state index in [0.717, 1.165) is 17.5 Å². The molecule has 6 heteroatoms. The Morgan fingerprint density at radius 1 is 1.00 bits per heavy atom. The molecular formula is C25H24FN3O2. The highest BCUT2D eigenvalue weighted by Gasteiger charge is 2.27. The number of carbonyl (C=O) groups excluding carboxylic acids is 2. The fourth-order valence-electron chi connectivity index (χ4n) is 3.77. The van der Waals surface area contributed by atoms with Crippen molar-refractivity contribution in [2.75, 3.05) is 23.3 Å². The number of amides is 3. The van der Waals surface area contributed by atoms with Gasteiger partial charge in [-0.3, -0.25) is 9.69 Å². The number of nitrogens with one attached hydrogen (secondary N) is 1. The SMILES string of the molecule is Cc1cccc(CN2CCCN(c3cccc(C(=O)Nc4ccccc4F)c3)C2=O)c1. The van der Waals surface area contributed by atoms with Gasteiger partial charge in [0.05, 0.1) is 5.69 Å². The molecule has 0 bridgehead atoms. The minimum Gasteiger partial charge on any atom is -0.320 e. The zero-order valence-corrected chi connectivity index (χ0v) is 17.3. The first-order chi connectivity index (χ1) is 15.0. The van der Waals surface area contributed by atoms with Gasteiger partial charge >= 0.3 is 6.03 Å². The number of halogens is 1. The van der Waals surface area contributed by atoms with Crippen molar-refractivity contribution in [3.05, 3.63) is 95.3 Å². The Kier molecular flexibility index (Phi) is 5.98. The highest BCUT2D eigenvalue weighted by Crippen LogP contribution is 2.23. The number of urea groups is 1. The summed E-state index contributed by atoms with van der Waals surface area (Å²) in [6.45, 7) is 3.86. The molecule has 1 aliphatic heterocycles. The third kappa shape index (κ3) is 4.74. The molecule has 3 aromatic rings. The van der Waals surface area contributed by atoms with Crippen LogP contribution in [0.5, 0.6) is 0 Å². The van der Waals surface area contributed by atoms with E-state index < -0.39 is 11.7 Å². The first-order valence-corrected chi connectivity index (χ1v) is 10.3. The summed E-state index contributed by atoms with van der Waals surface area (Å²) in [6.07, 6.45) is 0.837. The number of para-hydroxylation sites is 1. The van der Waals surface area contributed by atoms with Gasteiger partial charge in [0, 0.05) is 30.9 Å². The highest BCUT2D eigenvalue weighted by molar-refractivity contribution is 6.05. The normalized spacial score (nSPS) is 13.9. The van der Waals surface area contributed by atoms with Gasteiger partial charge in [0.25, 0.3) is 5.91 Å². The summed E-state index contributed by atoms with van der Waals surface area (Å²) in [4.78, 5) is 29.3. The molecule has 0 radical (unpaired) electrons. The summed E-state index contributed by atoms with van der Waals surface area (Å²) >= 11 is 0. The molecule has 0 aliphatic carbocycles. The quantitative estimate of drug-likeness (QED) is 0.619. The topological polar surface area (TPSA) is 52.6 Å². The number of benzene rings is 3. The second kappa shape index (κ2) is 9.00. The second-order valence-corrected chi connectivity index (χ2v) is 7.68. The van der Waals surface area contributed by atoms with E-state index in [-0.39, 0.29) is 11.7 Å². The van der Waals surface area contributed by atoms with Gasteiger partial charge < -0.3 is 10.2 Å². The van der Waals surface area contributed by atoms with Crippen LogP contribution in [0, 0.1) is 12.7 Å². The van der Waals surface area contributed by atoms with Crippen molar-refractivity contribution in [1.82, 2.24) is 4.90 Å². The summed E-state index contributed by atoms with van der Waals surface area (Å²) in [6, 6.07) is 20.9. The molecule has 5 nitrogen and oxygen atoms in total. The molecule has 0 saturated carbocycles. The van der Waals surface area contributed by atoms with Crippen molar-refractivity contribution in [1.29, 1.82) is 0 Å². The molecule has 0 unspecified atom stereocenters. The predicted molar refractivity (Wildman–Crippen MR) is 120 cm³/mol. The van der Waals surface area contributed by atoms with Crippen LogP contribution >= 0.6 is 0 Å². The van der Waals surface area contributed by atoms with Crippen molar-refractivity contribution in [2.24, 2.45) is 0 Å². The Hall–Kier alpha value is -3.67. The molecule has 0 spiro atoms. The molecule has 0 aromatic heterocycles. The molecule has 1 fully saturated rings. The van der Waals surface area contributed by atoms with Gasteiger partial charge in [-0.25, -0.2) is 9.18 Å². The van der Waals surface area contributed by atoms with E-state index in [2.05, 4.69) is 11.4 Å². The fraction of sp³-hybridized carbons (Fsp3) is 0.200. The van der Waals surface area contributed by atoms with Gasteiger partial charge in [0.15, 0.2) is 0 Å². The summed E-state index contributed by atoms with van der Waals surface area (Å²) in [5.74, 6) is -0.918. The monoisotopic (exact) mass is 417 g/mol. The zero-order valence-electron chi connectivity index (χ0n) is 17.3. The third-order valence-corrected chi connectivity index (χ3v) is 5.31. The lowest BCUT2D eigenvalue weighted by atomic mass is 10.1. The number of nitrogens with zero attached hydrogens (tertiary/aromatic N) is 2. The third-order valence-electron chi connectivity index (χ3n) is 5.31. The number of anilines is 2. The Morgan fingerprint density at radius 2 is 1.81 bits per heavy atom. The Balaban J connectivity index is 1.50. The van der Waals surface area contributed by atoms with Crippen LogP contribution in [-0.4, -0.2) is 29.9 Å². The van der Waals surface area contributed by atoms with Gasteiger partial charge in [-0.2, -0.15) is 0 Å². The molecule has 3 aromatic carbocycles. The van der Waals surface area contributed by atoms with E-state index >= 15 is 0 Å². The Bertz CT molecular complexity index is 1120. The zero-order chi connectivity index (χ0) is 21.8. The molecule has 3 amide bonds. The smallest absolute Gasteiger partial charge is 0.320 e. The first-order valence-electron chi connectivity index (χ1n) is 10.3. The highest BCUT2D eigenvalue weighted by atomic mass is 19.1. The first kappa shape index (κ1) is 20.6. The van der Waals surface area contributed by atoms with Crippen LogP contribution in [0.25, 0.3) is 0 Å². The number of aryl methyl sites for hydroxylation is 1. The van der Waals surface area contributed by atoms with E-state index in [1.54, 1.807) is 35.2 Å². The van der Waals surface area contributed by atoms with E-state index in [1.807, 2.05) is 36.1 Å². The average molecular weight is 417 g/mol. The van der Waals surface area contributed by atoms with Crippen LogP contribution < -0.4 is 10.2 Å². The minimum absolute atomic E-state index is 0.0839. The van der Waals surface area contributed by atoms with Crippen LogP contribution in [0.3, 0.4) is 0 Å². The lowest BCUT2D eigenvalue weighted by molar-refractivity contribution is 0.102. The van der Waals surface area contributed by atoms with Crippen LogP contribution in [0.1, 0.15) is 27.9 Å². The maximum Gasteiger partial charge on any atom is 0.324 e. The maximum atomic E-state index is 13.9. The summed E-state index contributed by atoms with van der Waals surface area (Å²) < 4.78 is 13.9. The fourth-order valence-corrected chi connectivity index (χ4v) is 3.77. The number of hydrogen-bond donors (Lipinski definition) is 1. The van der Waals surface area contributed by atoms with Crippen molar-refractivity contribution in [2.45, 2.75) is 19.9 Å². The van der Waals surface area contributed by atoms with Crippen molar-refractivity contribution in [3.63, 3.8) is 0 Å². The van der Waals surface area contributed by atoms with Gasteiger partial charge in [-0.15, -0.1) is 0 Å². The van der Waals surface area contributed by atoms with Crippen molar-refractivity contribution < 1.29 is 14.0 Å². The molecule has 31 heavy (non-hydrogen) atoms. The van der Waals surface area contributed by atoms with Crippen LogP contribution in [0.4, 0.5) is 20.6 Å². The standard InChI is InChI=1S/C25H24FN3O2/c1-18-7-4-8-19(15-18)17-28-13-6-14-29(25(28)31)21-10-5-9-20(16-21)24(30)27-23-12-3-2-11-22(23)26/h2-5,7-12,15-16H,6,13-14,17H2,1H3,(H,27,30). The van der Waals surface area contributed by atoms with Gasteiger partial charge in [0.1, 0.15) is 5.82 Å². The summed E-state index contributed by atoms with van der Waals surface area (Å²) in [7, 11) is 0. The lowest BCUT2D eigenvalue weighted by Gasteiger charge is -2.36. The Labute approximate surface area is 181 Å². The largest absolute Gasteiger partial charge is 0.324 e. The van der Waals surface area contributed by atoms with Crippen molar-refractivity contribution >= 4 is 23.3 Å². The van der Waals surface area contributed by atoms with E-state index in [0.29, 0.717) is 30.9 Å². The number of rotatable bonds is 5. The van der Waals surface area contributed by atoms with E-state index in [9.17, 15) is 14.0 Å². The second-order valence-electron chi connectivity index (χ2n) is 7.68. The van der Waals surface area contributed by atoms with E-state index in [4.69, 9.17) is 0 Å². The van der Waals surface area contributed by atoms with Crippen LogP contribution in [-0.2, 0) is 6.54 Å². The molecule has 1 heterocycles. The molecule has 1 saturated heterocycles. The lowest BCUT2D eigenvalue weighted by Crippen LogP contribution is -2.49. The summed E-state index contributed by atoms with van der Waals surface area (Å²) in [5, 5.41) is 2.59. The number of hydrogen-bond acceptors (Lipinski definition) is 2. The molecule has 0 atom stereocenters. The van der Waals surface area contributed by atoms with Gasteiger partial charge in [-0.1, -0.05) is 48.0 Å². The maximum absolute atomic E-state index is 13.9. The van der Waals surface area contributed by atoms with Gasteiger partial charge in [0.2, 0.25) is 0 Å². The molecule has 4 rings (SSSR count). The van der Waals surface area contributed by atoms with Crippen molar-refractivity contribution in [3.8, 4) is 0 Å². The van der Waals surface area contributed by atoms with Crippen LogP contribution in [0.15, 0.2) is 72.8 Å². The average Bonchev–Trinajstić information content (AvgIpc) is 2.77. The predicted octanol–water partition coefficient (Wildman–Crippen LogP) is 5.22. The molecule has 1 N–H and O–H groups in total. The Morgan fingerprint density at radius 3 is 2.61 bits per heavy atom. The van der Waals surface area contributed by atoms with Gasteiger partial charge in [-0.05, 0) is 49.2 Å². The molecule has 158 valence electrons. The van der Waals surface area contributed by atoms with E-state index in [1.165, 1.54) is 12.1 Å². The molecular weight excluding hydrogens is 393 g/mol. The van der Waals surface area contributed by atoms with Crippen LogP contribution in [0.2, 0.25) is 0 Å².